The Kier molecular flexibility index (Phi) is 3.57. The molecule has 2 rings (SSSR count). The normalized spacial score (nSPS) is 12.6. The molecule has 108 valence electrons. The van der Waals surface area contributed by atoms with Gasteiger partial charge in [-0.25, -0.2) is 17.8 Å². The first-order valence-electron chi connectivity index (χ1n) is 5.41. The molecule has 0 atom stereocenters. The minimum atomic E-state index is -4.51. The molecule has 5 nitrogen and oxygen atoms in total. The van der Waals surface area contributed by atoms with Crippen LogP contribution in [0.1, 0.15) is 5.56 Å². The first kappa shape index (κ1) is 14.5. The lowest BCUT2D eigenvalue weighted by molar-refractivity contribution is -0.137. The highest BCUT2D eigenvalue weighted by atomic mass is 32.2. The van der Waals surface area contributed by atoms with Crippen LogP contribution in [0, 0.1) is 0 Å². The highest BCUT2D eigenvalue weighted by molar-refractivity contribution is 7.89. The van der Waals surface area contributed by atoms with Gasteiger partial charge in [0.25, 0.3) is 10.0 Å². The highest BCUT2D eigenvalue weighted by Crippen LogP contribution is 2.30. The predicted molar refractivity (Wildman–Crippen MR) is 64.8 cm³/mol. The SMILES string of the molecule is CNS(=O)(=O)c1ccnn1-c1cccc(C(F)(F)F)c1. The number of rotatable bonds is 3. The number of aromatic nitrogens is 2. The Morgan fingerprint density at radius 1 is 1.25 bits per heavy atom. The van der Waals surface area contributed by atoms with Gasteiger partial charge in [-0.1, -0.05) is 6.07 Å². The van der Waals surface area contributed by atoms with Gasteiger partial charge >= 0.3 is 6.18 Å². The molecule has 2 aromatic rings. The number of nitrogens with zero attached hydrogens (tertiary/aromatic N) is 2. The van der Waals surface area contributed by atoms with Crippen molar-refractivity contribution in [3.05, 3.63) is 42.1 Å². The lowest BCUT2D eigenvalue weighted by Crippen LogP contribution is -2.22. The molecule has 0 aliphatic rings. The van der Waals surface area contributed by atoms with Crippen LogP contribution in [-0.2, 0) is 16.2 Å². The highest BCUT2D eigenvalue weighted by Gasteiger charge is 2.31. The van der Waals surface area contributed by atoms with Crippen LogP contribution in [0.15, 0.2) is 41.6 Å². The number of hydrogen-bond donors (Lipinski definition) is 1. The van der Waals surface area contributed by atoms with Crippen LogP contribution in [0.25, 0.3) is 5.69 Å². The molecule has 0 aliphatic heterocycles. The summed E-state index contributed by atoms with van der Waals surface area (Å²) in [7, 11) is -2.61. The maximum absolute atomic E-state index is 12.6. The van der Waals surface area contributed by atoms with Gasteiger partial charge in [0.05, 0.1) is 17.4 Å². The van der Waals surface area contributed by atoms with Gasteiger partial charge in [-0.3, -0.25) is 0 Å². The first-order valence-corrected chi connectivity index (χ1v) is 6.89. The molecule has 1 aromatic carbocycles. The third-order valence-electron chi connectivity index (χ3n) is 2.57. The van der Waals surface area contributed by atoms with Gasteiger partial charge < -0.3 is 0 Å². The van der Waals surface area contributed by atoms with Crippen molar-refractivity contribution < 1.29 is 21.6 Å². The Labute approximate surface area is 113 Å². The summed E-state index contributed by atoms with van der Waals surface area (Å²) in [5.74, 6) is 0. The Bertz CT molecular complexity index is 723. The Morgan fingerprint density at radius 2 is 1.95 bits per heavy atom. The van der Waals surface area contributed by atoms with E-state index < -0.39 is 21.8 Å². The van der Waals surface area contributed by atoms with E-state index in [1.165, 1.54) is 31.4 Å². The van der Waals surface area contributed by atoms with Crippen LogP contribution in [-0.4, -0.2) is 25.2 Å². The van der Waals surface area contributed by atoms with Gasteiger partial charge in [0.2, 0.25) is 0 Å². The van der Waals surface area contributed by atoms with Crippen molar-refractivity contribution in [1.29, 1.82) is 0 Å². The summed E-state index contributed by atoms with van der Waals surface area (Å²) in [5.41, 5.74) is -0.864. The standard InChI is InChI=1S/C11H10F3N3O2S/c1-15-20(18,19)10-5-6-16-17(10)9-4-2-3-8(7-9)11(12,13)14/h2-7,15H,1H3. The Hall–Kier alpha value is -1.87. The lowest BCUT2D eigenvalue weighted by Gasteiger charge is -2.11. The van der Waals surface area contributed by atoms with E-state index >= 15 is 0 Å². The van der Waals surface area contributed by atoms with Crippen molar-refractivity contribution in [2.24, 2.45) is 0 Å². The third-order valence-corrected chi connectivity index (χ3v) is 3.97. The summed E-state index contributed by atoms with van der Waals surface area (Å²) < 4.78 is 64.5. The van der Waals surface area contributed by atoms with Gasteiger partial charge in [0.15, 0.2) is 5.03 Å². The lowest BCUT2D eigenvalue weighted by atomic mass is 10.2. The average molecular weight is 305 g/mol. The van der Waals surface area contributed by atoms with E-state index in [-0.39, 0.29) is 10.7 Å². The van der Waals surface area contributed by atoms with Gasteiger partial charge in [0, 0.05) is 0 Å². The zero-order valence-electron chi connectivity index (χ0n) is 10.2. The molecule has 0 radical (unpaired) electrons. The maximum atomic E-state index is 12.6. The number of benzene rings is 1. The van der Waals surface area contributed by atoms with Crippen molar-refractivity contribution >= 4 is 10.0 Å². The summed E-state index contributed by atoms with van der Waals surface area (Å²) in [5, 5.41) is 3.52. The molecule has 1 N–H and O–H groups in total. The molecule has 0 unspecified atom stereocenters. The van der Waals surface area contributed by atoms with E-state index in [0.29, 0.717) is 0 Å². The molecular formula is C11H10F3N3O2S. The minimum absolute atomic E-state index is 0.0126. The third kappa shape index (κ3) is 2.68. The largest absolute Gasteiger partial charge is 0.416 e. The van der Waals surface area contributed by atoms with Crippen molar-refractivity contribution in [1.82, 2.24) is 14.5 Å². The van der Waals surface area contributed by atoms with Crippen molar-refractivity contribution in [3.63, 3.8) is 0 Å². The fourth-order valence-electron chi connectivity index (χ4n) is 1.61. The van der Waals surface area contributed by atoms with Crippen LogP contribution in [0.5, 0.6) is 0 Å². The Morgan fingerprint density at radius 3 is 2.55 bits per heavy atom. The summed E-state index contributed by atoms with van der Waals surface area (Å²) >= 11 is 0. The molecule has 0 spiro atoms. The van der Waals surface area contributed by atoms with E-state index in [1.807, 2.05) is 0 Å². The molecular weight excluding hydrogens is 295 g/mol. The zero-order chi connectivity index (χ0) is 15.0. The van der Waals surface area contributed by atoms with E-state index in [2.05, 4.69) is 9.82 Å². The molecule has 1 aromatic heterocycles. The van der Waals surface area contributed by atoms with E-state index in [9.17, 15) is 21.6 Å². The zero-order valence-corrected chi connectivity index (χ0v) is 11.0. The molecule has 20 heavy (non-hydrogen) atoms. The second-order valence-corrected chi connectivity index (χ2v) is 5.67. The minimum Gasteiger partial charge on any atom is -0.221 e. The number of sulfonamides is 1. The van der Waals surface area contributed by atoms with Gasteiger partial charge in [-0.2, -0.15) is 18.3 Å². The number of hydrogen-bond acceptors (Lipinski definition) is 3. The smallest absolute Gasteiger partial charge is 0.221 e. The topological polar surface area (TPSA) is 64.0 Å². The fraction of sp³-hybridized carbons (Fsp3) is 0.182. The van der Waals surface area contributed by atoms with Gasteiger partial charge in [-0.05, 0) is 31.3 Å². The maximum Gasteiger partial charge on any atom is 0.416 e. The molecule has 0 aliphatic carbocycles. The molecule has 1 heterocycles. The second-order valence-electron chi connectivity index (χ2n) is 3.84. The number of nitrogens with one attached hydrogen (secondary N) is 1. The van der Waals surface area contributed by atoms with Crippen molar-refractivity contribution in [2.75, 3.05) is 7.05 Å². The van der Waals surface area contributed by atoms with Gasteiger partial charge in [-0.15, -0.1) is 0 Å². The summed E-state index contributed by atoms with van der Waals surface area (Å²) in [6.45, 7) is 0. The molecule has 0 saturated heterocycles. The van der Waals surface area contributed by atoms with E-state index in [1.54, 1.807) is 0 Å². The molecule has 9 heteroatoms. The first-order chi connectivity index (χ1) is 9.25. The van der Waals surface area contributed by atoms with Crippen LogP contribution in [0.4, 0.5) is 13.2 Å². The monoisotopic (exact) mass is 305 g/mol. The number of alkyl halides is 3. The quantitative estimate of drug-likeness (QED) is 0.940. The fourth-order valence-corrected chi connectivity index (χ4v) is 2.44. The van der Waals surface area contributed by atoms with Crippen LogP contribution >= 0.6 is 0 Å². The molecule has 0 fully saturated rings. The van der Waals surface area contributed by atoms with Crippen molar-refractivity contribution in [2.45, 2.75) is 11.2 Å². The van der Waals surface area contributed by atoms with Gasteiger partial charge in [0.1, 0.15) is 0 Å². The van der Waals surface area contributed by atoms with Crippen LogP contribution < -0.4 is 4.72 Å². The van der Waals surface area contributed by atoms with E-state index in [4.69, 9.17) is 0 Å². The van der Waals surface area contributed by atoms with Crippen LogP contribution in [0.2, 0.25) is 0 Å². The average Bonchev–Trinajstić information content (AvgIpc) is 2.88. The summed E-state index contributed by atoms with van der Waals surface area (Å²) in [6.07, 6.45) is -3.31. The summed E-state index contributed by atoms with van der Waals surface area (Å²) in [6, 6.07) is 5.47. The van der Waals surface area contributed by atoms with Crippen molar-refractivity contribution in [3.8, 4) is 5.69 Å². The second kappa shape index (κ2) is 4.91. The van der Waals surface area contributed by atoms with E-state index in [0.717, 1.165) is 16.8 Å². The molecule has 0 bridgehead atoms. The molecule has 0 saturated carbocycles. The van der Waals surface area contributed by atoms with Crippen LogP contribution in [0.3, 0.4) is 0 Å². The summed E-state index contributed by atoms with van der Waals surface area (Å²) in [4.78, 5) is 0. The predicted octanol–water partition coefficient (Wildman–Crippen LogP) is 1.80. The Balaban J connectivity index is 2.57. The molecule has 0 amide bonds. The number of halogens is 3.